The third-order valence-electron chi connectivity index (χ3n) is 2.03. The van der Waals surface area contributed by atoms with Gasteiger partial charge in [0.1, 0.15) is 5.78 Å². The second kappa shape index (κ2) is 5.63. The number of ketones is 1. The first kappa shape index (κ1) is 11.9. The van der Waals surface area contributed by atoms with Crippen LogP contribution in [0.5, 0.6) is 0 Å². The number of carbonyl (C=O) groups is 1. The predicted molar refractivity (Wildman–Crippen MR) is 63.6 cm³/mol. The lowest BCUT2D eigenvalue weighted by Crippen LogP contribution is -2.16. The number of rotatable bonds is 5. The molecule has 14 heavy (non-hydrogen) atoms. The van der Waals surface area contributed by atoms with Crippen molar-refractivity contribution in [2.24, 2.45) is 11.7 Å². The van der Waals surface area contributed by atoms with Gasteiger partial charge < -0.3 is 5.73 Å². The van der Waals surface area contributed by atoms with Gasteiger partial charge >= 0.3 is 0 Å². The van der Waals surface area contributed by atoms with Crippen LogP contribution in [0.15, 0.2) is 15.9 Å². The molecule has 4 heteroatoms. The third kappa shape index (κ3) is 3.52. The van der Waals surface area contributed by atoms with Gasteiger partial charge in [0.2, 0.25) is 0 Å². The monoisotopic (exact) mass is 275 g/mol. The van der Waals surface area contributed by atoms with Crippen molar-refractivity contribution in [3.05, 3.63) is 20.8 Å². The second-order valence-corrected chi connectivity index (χ2v) is 5.31. The third-order valence-corrected chi connectivity index (χ3v) is 3.95. The summed E-state index contributed by atoms with van der Waals surface area (Å²) in [4.78, 5) is 12.7. The summed E-state index contributed by atoms with van der Waals surface area (Å²) in [6.45, 7) is 2.58. The minimum absolute atomic E-state index is 0.270. The molecule has 1 heterocycles. The molecule has 0 aliphatic heterocycles. The fraction of sp³-hybridized carbons (Fsp3) is 0.500. The Balaban J connectivity index is 2.45. The molecule has 0 bridgehead atoms. The van der Waals surface area contributed by atoms with E-state index in [4.69, 9.17) is 5.73 Å². The maximum atomic E-state index is 11.6. The van der Waals surface area contributed by atoms with Crippen molar-refractivity contribution in [3.63, 3.8) is 0 Å². The van der Waals surface area contributed by atoms with Crippen molar-refractivity contribution in [3.8, 4) is 0 Å². The molecule has 0 aliphatic carbocycles. The van der Waals surface area contributed by atoms with Crippen LogP contribution in [0.3, 0.4) is 0 Å². The number of nitrogens with two attached hydrogens (primary N) is 1. The van der Waals surface area contributed by atoms with Gasteiger partial charge in [-0.15, -0.1) is 11.3 Å². The minimum atomic E-state index is 0.270. The molecule has 78 valence electrons. The van der Waals surface area contributed by atoms with Crippen molar-refractivity contribution in [1.82, 2.24) is 0 Å². The van der Waals surface area contributed by atoms with Crippen LogP contribution in [0.1, 0.15) is 18.2 Å². The van der Waals surface area contributed by atoms with Gasteiger partial charge in [0.25, 0.3) is 0 Å². The van der Waals surface area contributed by atoms with Crippen molar-refractivity contribution < 1.29 is 4.79 Å². The van der Waals surface area contributed by atoms with Gasteiger partial charge in [0.15, 0.2) is 0 Å². The minimum Gasteiger partial charge on any atom is -0.330 e. The fourth-order valence-corrected chi connectivity index (χ4v) is 2.70. The smallest absolute Gasteiger partial charge is 0.138 e. The molecule has 1 rings (SSSR count). The van der Waals surface area contributed by atoms with Gasteiger partial charge in [-0.05, 0) is 39.8 Å². The Kier molecular flexibility index (Phi) is 4.78. The van der Waals surface area contributed by atoms with E-state index in [1.807, 2.05) is 18.4 Å². The first-order valence-corrected chi connectivity index (χ1v) is 6.24. The molecule has 0 spiro atoms. The summed E-state index contributed by atoms with van der Waals surface area (Å²) in [5.41, 5.74) is 5.46. The Morgan fingerprint density at radius 2 is 2.43 bits per heavy atom. The summed E-state index contributed by atoms with van der Waals surface area (Å²) in [5, 5.41) is 1.99. The zero-order valence-electron chi connectivity index (χ0n) is 8.13. The first-order chi connectivity index (χ1) is 6.63. The summed E-state index contributed by atoms with van der Waals surface area (Å²) in [6.07, 6.45) is 1.11. The molecule has 0 saturated carbocycles. The predicted octanol–water partition coefficient (Wildman–Crippen LogP) is 2.61. The normalized spacial score (nSPS) is 12.8. The molecule has 0 saturated heterocycles. The fourth-order valence-electron chi connectivity index (χ4n) is 1.17. The van der Waals surface area contributed by atoms with Crippen molar-refractivity contribution in [2.75, 3.05) is 6.54 Å². The summed E-state index contributed by atoms with van der Waals surface area (Å²) in [6, 6.07) is 1.97. The molecule has 0 aliphatic rings. The molecular formula is C10H14BrNOS. The molecule has 1 unspecified atom stereocenters. The summed E-state index contributed by atoms with van der Waals surface area (Å²) < 4.78 is 1.04. The number of halogens is 1. The molecule has 2 N–H and O–H groups in total. The molecule has 0 amide bonds. The maximum Gasteiger partial charge on any atom is 0.138 e. The van der Waals surface area contributed by atoms with Crippen LogP contribution in [0.4, 0.5) is 0 Å². The van der Waals surface area contributed by atoms with E-state index in [2.05, 4.69) is 15.9 Å². The van der Waals surface area contributed by atoms with E-state index in [1.165, 1.54) is 0 Å². The SMILES string of the molecule is CC(CN)CC(=O)Cc1sccc1Br. The zero-order chi connectivity index (χ0) is 10.6. The second-order valence-electron chi connectivity index (χ2n) is 3.45. The van der Waals surface area contributed by atoms with Crippen LogP contribution in [0, 0.1) is 5.92 Å². The van der Waals surface area contributed by atoms with Gasteiger partial charge in [0.05, 0.1) is 0 Å². The van der Waals surface area contributed by atoms with Crippen LogP contribution < -0.4 is 5.73 Å². The zero-order valence-corrected chi connectivity index (χ0v) is 10.5. The van der Waals surface area contributed by atoms with E-state index in [0.29, 0.717) is 25.3 Å². The van der Waals surface area contributed by atoms with E-state index in [-0.39, 0.29) is 5.78 Å². The number of hydrogen-bond acceptors (Lipinski definition) is 3. The van der Waals surface area contributed by atoms with Crippen molar-refractivity contribution in [2.45, 2.75) is 19.8 Å². The summed E-state index contributed by atoms with van der Waals surface area (Å²) >= 11 is 5.03. The number of hydrogen-bond donors (Lipinski definition) is 1. The van der Waals surface area contributed by atoms with E-state index in [0.717, 1.165) is 9.35 Å². The topological polar surface area (TPSA) is 43.1 Å². The lowest BCUT2D eigenvalue weighted by molar-refractivity contribution is -0.119. The number of Topliss-reactive ketones (excluding diaryl/α,β-unsaturated/α-hetero) is 1. The maximum absolute atomic E-state index is 11.6. The van der Waals surface area contributed by atoms with E-state index in [1.54, 1.807) is 11.3 Å². The Bertz CT molecular complexity index is 311. The van der Waals surface area contributed by atoms with Crippen LogP contribution >= 0.6 is 27.3 Å². The van der Waals surface area contributed by atoms with E-state index in [9.17, 15) is 4.79 Å². The molecule has 1 atom stereocenters. The highest BCUT2D eigenvalue weighted by Gasteiger charge is 2.11. The van der Waals surface area contributed by atoms with Crippen molar-refractivity contribution in [1.29, 1.82) is 0 Å². The molecule has 1 aromatic heterocycles. The molecule has 1 aromatic rings. The molecule has 0 aromatic carbocycles. The summed E-state index contributed by atoms with van der Waals surface area (Å²) in [7, 11) is 0. The Morgan fingerprint density at radius 3 is 2.93 bits per heavy atom. The van der Waals surface area contributed by atoms with Gasteiger partial charge in [-0.25, -0.2) is 0 Å². The van der Waals surface area contributed by atoms with Gasteiger partial charge in [-0.1, -0.05) is 6.92 Å². The molecule has 2 nitrogen and oxygen atoms in total. The van der Waals surface area contributed by atoms with Crippen LogP contribution in [-0.4, -0.2) is 12.3 Å². The average molecular weight is 276 g/mol. The van der Waals surface area contributed by atoms with Crippen LogP contribution in [0.2, 0.25) is 0 Å². The highest BCUT2D eigenvalue weighted by molar-refractivity contribution is 9.10. The van der Waals surface area contributed by atoms with E-state index < -0.39 is 0 Å². The van der Waals surface area contributed by atoms with Crippen LogP contribution in [0.25, 0.3) is 0 Å². The van der Waals surface area contributed by atoms with E-state index >= 15 is 0 Å². The number of thiophene rings is 1. The average Bonchev–Trinajstić information content (AvgIpc) is 2.51. The standard InChI is InChI=1S/C10H14BrNOS/c1-7(6-12)4-8(13)5-10-9(11)2-3-14-10/h2-3,7H,4-6,12H2,1H3. The Labute approximate surface area is 96.6 Å². The van der Waals surface area contributed by atoms with Gasteiger partial charge in [-0.3, -0.25) is 4.79 Å². The van der Waals surface area contributed by atoms with Crippen molar-refractivity contribution >= 4 is 33.0 Å². The Hall–Kier alpha value is -0.190. The van der Waals surface area contributed by atoms with Gasteiger partial charge in [0, 0.05) is 22.2 Å². The molecule has 0 fully saturated rings. The molecule has 0 radical (unpaired) electrons. The first-order valence-electron chi connectivity index (χ1n) is 4.57. The quantitative estimate of drug-likeness (QED) is 0.898. The lowest BCUT2D eigenvalue weighted by atomic mass is 10.0. The lowest BCUT2D eigenvalue weighted by Gasteiger charge is -2.06. The van der Waals surface area contributed by atoms with Crippen LogP contribution in [-0.2, 0) is 11.2 Å². The molecular weight excluding hydrogens is 262 g/mol. The van der Waals surface area contributed by atoms with Gasteiger partial charge in [-0.2, -0.15) is 0 Å². The number of carbonyl (C=O) groups excluding carboxylic acids is 1. The Morgan fingerprint density at radius 1 is 1.71 bits per heavy atom. The largest absolute Gasteiger partial charge is 0.330 e. The summed E-state index contributed by atoms with van der Waals surface area (Å²) in [5.74, 6) is 0.562. The highest BCUT2D eigenvalue weighted by Crippen LogP contribution is 2.23. The highest BCUT2D eigenvalue weighted by atomic mass is 79.9.